The van der Waals surface area contributed by atoms with Gasteiger partial charge in [0.15, 0.2) is 0 Å². The lowest BCUT2D eigenvalue weighted by Gasteiger charge is -2.10. The second-order valence-corrected chi connectivity index (χ2v) is 4.59. The van der Waals surface area contributed by atoms with Gasteiger partial charge in [-0.2, -0.15) is 0 Å². The minimum Gasteiger partial charge on any atom is -0.493 e. The molecule has 2 aromatic rings. The Balaban J connectivity index is 1.62. The van der Waals surface area contributed by atoms with E-state index < -0.39 is 0 Å². The van der Waals surface area contributed by atoms with Gasteiger partial charge in [0.05, 0.1) is 18.5 Å². The van der Waals surface area contributed by atoms with Crippen LogP contribution >= 0.6 is 0 Å². The lowest BCUT2D eigenvalue weighted by Crippen LogP contribution is -2.30. The van der Waals surface area contributed by atoms with Gasteiger partial charge in [-0.05, 0) is 37.1 Å². The van der Waals surface area contributed by atoms with Crippen molar-refractivity contribution in [3.8, 4) is 5.75 Å². The molecule has 110 valence electrons. The number of para-hydroxylation sites is 1. The Morgan fingerprint density at radius 1 is 1.24 bits per heavy atom. The van der Waals surface area contributed by atoms with E-state index in [0.717, 1.165) is 17.7 Å². The number of hydrogen-bond donors (Lipinski definition) is 2. The molecule has 2 N–H and O–H groups in total. The Kier molecular flexibility index (Phi) is 5.58. The zero-order chi connectivity index (χ0) is 14.9. The molecule has 0 aliphatic rings. The van der Waals surface area contributed by atoms with Crippen LogP contribution in [0.5, 0.6) is 5.75 Å². The predicted octanol–water partition coefficient (Wildman–Crippen LogP) is 2.98. The maximum absolute atomic E-state index is 11.6. The summed E-state index contributed by atoms with van der Waals surface area (Å²) in [6.45, 7) is 3.13. The van der Waals surface area contributed by atoms with E-state index in [1.54, 1.807) is 24.5 Å². The van der Waals surface area contributed by atoms with Crippen molar-refractivity contribution in [2.24, 2.45) is 0 Å². The van der Waals surface area contributed by atoms with Crippen molar-refractivity contribution in [1.29, 1.82) is 0 Å². The Morgan fingerprint density at radius 3 is 2.86 bits per heavy atom. The fourth-order valence-electron chi connectivity index (χ4n) is 1.79. The van der Waals surface area contributed by atoms with Crippen molar-refractivity contribution < 1.29 is 9.53 Å². The van der Waals surface area contributed by atoms with Gasteiger partial charge in [-0.3, -0.25) is 4.98 Å². The normalized spacial score (nSPS) is 9.95. The first-order chi connectivity index (χ1) is 10.3. The fourth-order valence-corrected chi connectivity index (χ4v) is 1.79. The van der Waals surface area contributed by atoms with E-state index >= 15 is 0 Å². The zero-order valence-corrected chi connectivity index (χ0v) is 12.0. The van der Waals surface area contributed by atoms with E-state index in [4.69, 9.17) is 4.74 Å². The molecule has 0 unspecified atom stereocenters. The average Bonchev–Trinajstić information content (AvgIpc) is 2.50. The monoisotopic (exact) mass is 285 g/mol. The summed E-state index contributed by atoms with van der Waals surface area (Å²) in [6, 6.07) is 11.2. The highest BCUT2D eigenvalue weighted by Crippen LogP contribution is 2.15. The molecule has 0 radical (unpaired) electrons. The Bertz CT molecular complexity index is 573. The van der Waals surface area contributed by atoms with Crippen molar-refractivity contribution in [2.75, 3.05) is 18.5 Å². The number of anilines is 1. The topological polar surface area (TPSA) is 63.2 Å². The highest BCUT2D eigenvalue weighted by Gasteiger charge is 2.01. The van der Waals surface area contributed by atoms with Crippen molar-refractivity contribution >= 4 is 11.7 Å². The van der Waals surface area contributed by atoms with E-state index in [-0.39, 0.29) is 6.03 Å². The average molecular weight is 285 g/mol. The molecule has 1 aromatic carbocycles. The summed E-state index contributed by atoms with van der Waals surface area (Å²) in [5.74, 6) is 0.886. The molecule has 2 rings (SSSR count). The van der Waals surface area contributed by atoms with E-state index in [2.05, 4.69) is 15.6 Å². The van der Waals surface area contributed by atoms with Gasteiger partial charge < -0.3 is 15.4 Å². The third kappa shape index (κ3) is 5.14. The summed E-state index contributed by atoms with van der Waals surface area (Å²) >= 11 is 0. The standard InChI is InChI=1S/C16H19N3O2/c1-13-6-2-3-8-15(13)21-11-5-10-18-16(20)19-14-7-4-9-17-12-14/h2-4,6-9,12H,5,10-11H2,1H3,(H2,18,19,20). The lowest BCUT2D eigenvalue weighted by atomic mass is 10.2. The van der Waals surface area contributed by atoms with Crippen LogP contribution in [0.4, 0.5) is 10.5 Å². The molecule has 0 bridgehead atoms. The van der Waals surface area contributed by atoms with Crippen molar-refractivity contribution in [2.45, 2.75) is 13.3 Å². The third-order valence-electron chi connectivity index (χ3n) is 2.88. The molecule has 0 aliphatic carbocycles. The molecular formula is C16H19N3O2. The first-order valence-electron chi connectivity index (χ1n) is 6.89. The molecule has 0 aliphatic heterocycles. The number of benzene rings is 1. The van der Waals surface area contributed by atoms with Crippen LogP contribution in [0, 0.1) is 6.92 Å². The second-order valence-electron chi connectivity index (χ2n) is 4.59. The van der Waals surface area contributed by atoms with E-state index in [9.17, 15) is 4.79 Å². The first kappa shape index (κ1) is 14.8. The highest BCUT2D eigenvalue weighted by atomic mass is 16.5. The van der Waals surface area contributed by atoms with Crippen molar-refractivity contribution in [3.63, 3.8) is 0 Å². The third-order valence-corrected chi connectivity index (χ3v) is 2.88. The summed E-state index contributed by atoms with van der Waals surface area (Å²) in [5, 5.41) is 5.48. The molecule has 0 saturated heterocycles. The molecule has 5 heteroatoms. The summed E-state index contributed by atoms with van der Waals surface area (Å²) < 4.78 is 5.66. The van der Waals surface area contributed by atoms with Crippen LogP contribution in [-0.2, 0) is 0 Å². The number of amides is 2. The quantitative estimate of drug-likeness (QED) is 0.802. The first-order valence-corrected chi connectivity index (χ1v) is 6.89. The summed E-state index contributed by atoms with van der Waals surface area (Å²) in [5.41, 5.74) is 1.78. The van der Waals surface area contributed by atoms with E-state index in [1.165, 1.54) is 0 Å². The van der Waals surface area contributed by atoms with Crippen LogP contribution in [0.2, 0.25) is 0 Å². The minimum atomic E-state index is -0.237. The number of rotatable bonds is 6. The number of nitrogens with one attached hydrogen (secondary N) is 2. The van der Waals surface area contributed by atoms with Gasteiger partial charge >= 0.3 is 6.03 Å². The molecule has 0 spiro atoms. The second kappa shape index (κ2) is 7.89. The maximum atomic E-state index is 11.6. The van der Waals surface area contributed by atoms with Gasteiger partial charge in [-0.1, -0.05) is 18.2 Å². The number of ether oxygens (including phenoxy) is 1. The minimum absolute atomic E-state index is 0.237. The predicted molar refractivity (Wildman–Crippen MR) is 82.5 cm³/mol. The molecular weight excluding hydrogens is 266 g/mol. The summed E-state index contributed by atoms with van der Waals surface area (Å²) in [6.07, 6.45) is 4.00. The largest absolute Gasteiger partial charge is 0.493 e. The molecule has 2 amide bonds. The number of aromatic nitrogens is 1. The van der Waals surface area contributed by atoms with E-state index in [1.807, 2.05) is 31.2 Å². The molecule has 5 nitrogen and oxygen atoms in total. The number of carbonyl (C=O) groups excluding carboxylic acids is 1. The van der Waals surface area contributed by atoms with Gasteiger partial charge in [-0.15, -0.1) is 0 Å². The van der Waals surface area contributed by atoms with Gasteiger partial charge in [0.1, 0.15) is 5.75 Å². The molecule has 0 saturated carbocycles. The lowest BCUT2D eigenvalue weighted by molar-refractivity contribution is 0.250. The molecule has 21 heavy (non-hydrogen) atoms. The number of hydrogen-bond acceptors (Lipinski definition) is 3. The van der Waals surface area contributed by atoms with Crippen LogP contribution in [0.1, 0.15) is 12.0 Å². The van der Waals surface area contributed by atoms with Crippen LogP contribution in [0.25, 0.3) is 0 Å². The maximum Gasteiger partial charge on any atom is 0.319 e. The molecule has 1 heterocycles. The molecule has 0 atom stereocenters. The Hall–Kier alpha value is -2.56. The Morgan fingerprint density at radius 2 is 2.10 bits per heavy atom. The van der Waals surface area contributed by atoms with Crippen LogP contribution in [-0.4, -0.2) is 24.2 Å². The van der Waals surface area contributed by atoms with Crippen molar-refractivity contribution in [3.05, 3.63) is 54.4 Å². The van der Waals surface area contributed by atoms with Crippen LogP contribution in [0.15, 0.2) is 48.8 Å². The van der Waals surface area contributed by atoms with Gasteiger partial charge in [0.25, 0.3) is 0 Å². The van der Waals surface area contributed by atoms with Gasteiger partial charge in [0.2, 0.25) is 0 Å². The number of pyridine rings is 1. The smallest absolute Gasteiger partial charge is 0.319 e. The number of aryl methyl sites for hydroxylation is 1. The van der Waals surface area contributed by atoms with Crippen molar-refractivity contribution in [1.82, 2.24) is 10.3 Å². The number of urea groups is 1. The summed E-state index contributed by atoms with van der Waals surface area (Å²) in [7, 11) is 0. The highest BCUT2D eigenvalue weighted by molar-refractivity contribution is 5.88. The SMILES string of the molecule is Cc1ccccc1OCCCNC(=O)Nc1cccnc1. The zero-order valence-electron chi connectivity index (χ0n) is 12.0. The molecule has 0 fully saturated rings. The number of nitrogens with zero attached hydrogens (tertiary/aromatic N) is 1. The summed E-state index contributed by atoms with van der Waals surface area (Å²) in [4.78, 5) is 15.5. The number of carbonyl (C=O) groups is 1. The molecule has 1 aromatic heterocycles. The van der Waals surface area contributed by atoms with E-state index in [0.29, 0.717) is 18.8 Å². The van der Waals surface area contributed by atoms with Crippen LogP contribution < -0.4 is 15.4 Å². The van der Waals surface area contributed by atoms with Crippen LogP contribution in [0.3, 0.4) is 0 Å². The fraction of sp³-hybridized carbons (Fsp3) is 0.250. The van der Waals surface area contributed by atoms with Gasteiger partial charge in [-0.25, -0.2) is 4.79 Å². The Labute approximate surface area is 124 Å². The van der Waals surface area contributed by atoms with Gasteiger partial charge in [0, 0.05) is 12.7 Å².